The van der Waals surface area contributed by atoms with E-state index in [1.807, 2.05) is 0 Å². The first-order valence-corrected chi connectivity index (χ1v) is 7.18. The Kier molecular flexibility index (Phi) is 3.84. The fraction of sp³-hybridized carbons (Fsp3) is 0.222. The SMILES string of the molecule is NCCCN1Cc2ccccc2/C=C\c2ccccc21. The predicted octanol–water partition coefficient (Wildman–Crippen LogP) is 3.53. The van der Waals surface area contributed by atoms with Crippen LogP contribution in [0.2, 0.25) is 0 Å². The molecule has 0 unspecified atom stereocenters. The van der Waals surface area contributed by atoms with Gasteiger partial charge in [-0.2, -0.15) is 0 Å². The molecule has 0 fully saturated rings. The first-order valence-electron chi connectivity index (χ1n) is 7.18. The molecule has 0 atom stereocenters. The van der Waals surface area contributed by atoms with Crippen molar-refractivity contribution in [1.29, 1.82) is 0 Å². The molecule has 0 bridgehead atoms. The molecular weight excluding hydrogens is 244 g/mol. The molecule has 1 heterocycles. The second kappa shape index (κ2) is 5.93. The van der Waals surface area contributed by atoms with Crippen molar-refractivity contribution in [3.8, 4) is 0 Å². The van der Waals surface area contributed by atoms with Crippen LogP contribution >= 0.6 is 0 Å². The lowest BCUT2D eigenvalue weighted by Crippen LogP contribution is -2.27. The fourth-order valence-corrected chi connectivity index (χ4v) is 2.71. The van der Waals surface area contributed by atoms with Crippen LogP contribution in [0.5, 0.6) is 0 Å². The van der Waals surface area contributed by atoms with E-state index in [1.54, 1.807) is 0 Å². The Hall–Kier alpha value is -2.06. The van der Waals surface area contributed by atoms with E-state index in [1.165, 1.54) is 22.4 Å². The molecule has 102 valence electrons. The average Bonchev–Trinajstić information content (AvgIpc) is 2.48. The number of fused-ring (bicyclic) bond motifs is 2. The maximum absolute atomic E-state index is 5.69. The van der Waals surface area contributed by atoms with Crippen LogP contribution in [0.1, 0.15) is 23.1 Å². The number of para-hydroxylation sites is 1. The molecule has 0 saturated heterocycles. The number of anilines is 1. The molecule has 0 amide bonds. The van der Waals surface area contributed by atoms with Crippen LogP contribution in [0.15, 0.2) is 48.5 Å². The van der Waals surface area contributed by atoms with Gasteiger partial charge in [0.05, 0.1) is 0 Å². The summed E-state index contributed by atoms with van der Waals surface area (Å²) in [6, 6.07) is 17.2. The van der Waals surface area contributed by atoms with E-state index in [0.717, 1.165) is 26.1 Å². The Morgan fingerprint density at radius 1 is 0.900 bits per heavy atom. The van der Waals surface area contributed by atoms with Crippen molar-refractivity contribution in [2.24, 2.45) is 5.73 Å². The third-order valence-corrected chi connectivity index (χ3v) is 3.77. The van der Waals surface area contributed by atoms with Crippen molar-refractivity contribution in [1.82, 2.24) is 0 Å². The van der Waals surface area contributed by atoms with Crippen LogP contribution in [0.25, 0.3) is 12.2 Å². The zero-order chi connectivity index (χ0) is 13.8. The summed E-state index contributed by atoms with van der Waals surface area (Å²) in [5.41, 5.74) is 10.9. The zero-order valence-electron chi connectivity index (χ0n) is 11.6. The fourth-order valence-electron chi connectivity index (χ4n) is 2.71. The number of rotatable bonds is 3. The molecule has 20 heavy (non-hydrogen) atoms. The first-order chi connectivity index (χ1) is 9.88. The summed E-state index contributed by atoms with van der Waals surface area (Å²) in [7, 11) is 0. The van der Waals surface area contributed by atoms with Gasteiger partial charge in [0.2, 0.25) is 0 Å². The van der Waals surface area contributed by atoms with Crippen molar-refractivity contribution in [2.45, 2.75) is 13.0 Å². The van der Waals surface area contributed by atoms with E-state index in [9.17, 15) is 0 Å². The smallest absolute Gasteiger partial charge is 0.0442 e. The number of benzene rings is 2. The van der Waals surface area contributed by atoms with Crippen molar-refractivity contribution in [2.75, 3.05) is 18.0 Å². The molecule has 2 aromatic carbocycles. The summed E-state index contributed by atoms with van der Waals surface area (Å²) in [5.74, 6) is 0. The Labute approximate surface area is 120 Å². The highest BCUT2D eigenvalue weighted by molar-refractivity contribution is 5.79. The monoisotopic (exact) mass is 264 g/mol. The zero-order valence-corrected chi connectivity index (χ0v) is 11.6. The summed E-state index contributed by atoms with van der Waals surface area (Å²) in [5, 5.41) is 0. The van der Waals surface area contributed by atoms with E-state index in [0.29, 0.717) is 0 Å². The summed E-state index contributed by atoms with van der Waals surface area (Å²) in [6.07, 6.45) is 5.44. The second-order valence-corrected chi connectivity index (χ2v) is 5.15. The van der Waals surface area contributed by atoms with Crippen molar-refractivity contribution >= 4 is 17.8 Å². The Bertz CT molecular complexity index is 616. The highest BCUT2D eigenvalue weighted by Crippen LogP contribution is 2.28. The van der Waals surface area contributed by atoms with Gasteiger partial charge in [0.25, 0.3) is 0 Å². The summed E-state index contributed by atoms with van der Waals surface area (Å²) >= 11 is 0. The first kappa shape index (κ1) is 12.9. The van der Waals surface area contributed by atoms with Gasteiger partial charge in [-0.3, -0.25) is 0 Å². The topological polar surface area (TPSA) is 29.3 Å². The largest absolute Gasteiger partial charge is 0.367 e. The van der Waals surface area contributed by atoms with Gasteiger partial charge in [0.15, 0.2) is 0 Å². The van der Waals surface area contributed by atoms with Crippen molar-refractivity contribution in [3.63, 3.8) is 0 Å². The lowest BCUT2D eigenvalue weighted by atomic mass is 10.0. The Morgan fingerprint density at radius 2 is 1.60 bits per heavy atom. The maximum Gasteiger partial charge on any atom is 0.0442 e. The van der Waals surface area contributed by atoms with Gasteiger partial charge in [0, 0.05) is 18.8 Å². The third kappa shape index (κ3) is 2.61. The molecule has 0 spiro atoms. The number of hydrogen-bond acceptors (Lipinski definition) is 2. The minimum absolute atomic E-state index is 0.732. The van der Waals surface area contributed by atoms with E-state index < -0.39 is 0 Å². The van der Waals surface area contributed by atoms with Crippen LogP contribution < -0.4 is 10.6 Å². The van der Waals surface area contributed by atoms with Crippen LogP contribution in [0, 0.1) is 0 Å². The Morgan fingerprint density at radius 3 is 2.45 bits per heavy atom. The van der Waals surface area contributed by atoms with Gasteiger partial charge >= 0.3 is 0 Å². The average molecular weight is 264 g/mol. The minimum atomic E-state index is 0.732. The molecule has 2 aromatic rings. The summed E-state index contributed by atoms with van der Waals surface area (Å²) in [4.78, 5) is 2.44. The van der Waals surface area contributed by atoms with Gasteiger partial charge in [-0.15, -0.1) is 0 Å². The standard InChI is InChI=1S/C18H20N2/c19-12-5-13-20-14-17-8-2-1-6-15(17)10-11-16-7-3-4-9-18(16)20/h1-4,6-11H,5,12-14,19H2/b11-10-. The molecule has 0 aromatic heterocycles. The van der Waals surface area contributed by atoms with Gasteiger partial charge in [0.1, 0.15) is 0 Å². The highest BCUT2D eigenvalue weighted by Gasteiger charge is 2.13. The molecule has 3 rings (SSSR count). The molecule has 0 saturated carbocycles. The van der Waals surface area contributed by atoms with Crippen LogP contribution in [-0.2, 0) is 6.54 Å². The van der Waals surface area contributed by atoms with Crippen LogP contribution in [0.4, 0.5) is 5.69 Å². The van der Waals surface area contributed by atoms with Gasteiger partial charge in [-0.1, -0.05) is 54.6 Å². The van der Waals surface area contributed by atoms with Crippen LogP contribution in [-0.4, -0.2) is 13.1 Å². The maximum atomic E-state index is 5.69. The van der Waals surface area contributed by atoms with Gasteiger partial charge in [-0.05, 0) is 35.7 Å². The molecule has 2 N–H and O–H groups in total. The van der Waals surface area contributed by atoms with Crippen molar-refractivity contribution in [3.05, 3.63) is 65.2 Å². The number of nitrogens with zero attached hydrogens (tertiary/aromatic N) is 1. The predicted molar refractivity (Wildman–Crippen MR) is 86.5 cm³/mol. The summed E-state index contributed by atoms with van der Waals surface area (Å²) < 4.78 is 0. The quantitative estimate of drug-likeness (QED) is 0.919. The molecule has 1 aliphatic rings. The molecule has 2 heteroatoms. The lowest BCUT2D eigenvalue weighted by molar-refractivity contribution is 0.734. The molecule has 1 aliphatic heterocycles. The summed E-state index contributed by atoms with van der Waals surface area (Å²) in [6.45, 7) is 2.67. The van der Waals surface area contributed by atoms with E-state index in [4.69, 9.17) is 5.73 Å². The van der Waals surface area contributed by atoms with Crippen LogP contribution in [0.3, 0.4) is 0 Å². The van der Waals surface area contributed by atoms with E-state index in [-0.39, 0.29) is 0 Å². The van der Waals surface area contributed by atoms with Gasteiger partial charge < -0.3 is 10.6 Å². The number of hydrogen-bond donors (Lipinski definition) is 1. The molecule has 2 nitrogen and oxygen atoms in total. The number of nitrogens with two attached hydrogens (primary N) is 1. The normalized spacial score (nSPS) is 14.9. The van der Waals surface area contributed by atoms with Crippen molar-refractivity contribution < 1.29 is 0 Å². The van der Waals surface area contributed by atoms with E-state index in [2.05, 4.69) is 65.6 Å². The molecule has 0 radical (unpaired) electrons. The lowest BCUT2D eigenvalue weighted by Gasteiger charge is -2.28. The highest BCUT2D eigenvalue weighted by atomic mass is 15.1. The second-order valence-electron chi connectivity index (χ2n) is 5.15. The Balaban J connectivity index is 2.05. The molecule has 0 aliphatic carbocycles. The molecular formula is C18H20N2. The van der Waals surface area contributed by atoms with E-state index >= 15 is 0 Å². The van der Waals surface area contributed by atoms with Gasteiger partial charge in [-0.25, -0.2) is 0 Å². The third-order valence-electron chi connectivity index (χ3n) is 3.77. The minimum Gasteiger partial charge on any atom is -0.367 e.